The number of rotatable bonds is 1. The Kier molecular flexibility index (Phi) is 3.69. The Morgan fingerprint density at radius 1 is 1.00 bits per heavy atom. The summed E-state index contributed by atoms with van der Waals surface area (Å²) in [5.41, 5.74) is 2.27. The first kappa shape index (κ1) is 13.8. The molecule has 2 atom stereocenters. The van der Waals surface area contributed by atoms with E-state index in [1.54, 1.807) is 6.07 Å². The molecule has 1 heterocycles. The van der Waals surface area contributed by atoms with Gasteiger partial charge in [-0.2, -0.15) is 0 Å². The monoisotopic (exact) mass is 318 g/mol. The topological polar surface area (TPSA) is 30.2 Å². The SMILES string of the molecule is O=c1oc2cc(-c3ccc(P)cc3)c(P)cc2cc1S. The number of fused-ring (bicyclic) bond motifs is 1. The Labute approximate surface area is 126 Å². The molecule has 0 aliphatic carbocycles. The highest BCUT2D eigenvalue weighted by Gasteiger charge is 2.08. The zero-order chi connectivity index (χ0) is 14.3. The van der Waals surface area contributed by atoms with Gasteiger partial charge >= 0.3 is 5.63 Å². The maximum Gasteiger partial charge on any atom is 0.349 e. The van der Waals surface area contributed by atoms with E-state index in [-0.39, 0.29) is 0 Å². The molecule has 0 saturated carbocycles. The fourth-order valence-electron chi connectivity index (χ4n) is 2.09. The third kappa shape index (κ3) is 2.54. The molecule has 0 radical (unpaired) electrons. The summed E-state index contributed by atoms with van der Waals surface area (Å²) >= 11 is 4.10. The van der Waals surface area contributed by atoms with Gasteiger partial charge in [-0.3, -0.25) is 0 Å². The van der Waals surface area contributed by atoms with Crippen LogP contribution in [0.1, 0.15) is 0 Å². The van der Waals surface area contributed by atoms with E-state index in [1.807, 2.05) is 36.4 Å². The molecular weight excluding hydrogens is 306 g/mol. The van der Waals surface area contributed by atoms with Crippen LogP contribution in [0, 0.1) is 0 Å². The predicted molar refractivity (Wildman–Crippen MR) is 93.9 cm³/mol. The van der Waals surface area contributed by atoms with Crippen LogP contribution in [0.3, 0.4) is 0 Å². The van der Waals surface area contributed by atoms with Gasteiger partial charge in [-0.1, -0.05) is 24.3 Å². The minimum Gasteiger partial charge on any atom is -0.422 e. The molecule has 5 heteroatoms. The average Bonchev–Trinajstić information content (AvgIpc) is 2.41. The Hall–Kier alpha value is -1.14. The first-order valence-electron chi connectivity index (χ1n) is 5.97. The van der Waals surface area contributed by atoms with E-state index in [0.717, 1.165) is 27.1 Å². The van der Waals surface area contributed by atoms with Crippen molar-refractivity contribution in [2.75, 3.05) is 0 Å². The highest BCUT2D eigenvalue weighted by atomic mass is 32.1. The quantitative estimate of drug-likeness (QED) is 0.425. The molecule has 0 amide bonds. The summed E-state index contributed by atoms with van der Waals surface area (Å²) in [7, 11) is 5.38. The third-order valence-corrected chi connectivity index (χ3v) is 4.28. The third-order valence-electron chi connectivity index (χ3n) is 3.11. The second-order valence-corrected chi connectivity index (χ2v) is 6.29. The largest absolute Gasteiger partial charge is 0.422 e. The average molecular weight is 318 g/mol. The van der Waals surface area contributed by atoms with Gasteiger partial charge in [0.15, 0.2) is 0 Å². The first-order valence-corrected chi connectivity index (χ1v) is 7.57. The van der Waals surface area contributed by atoms with Gasteiger partial charge in [0.25, 0.3) is 0 Å². The number of benzene rings is 2. The standard InChI is InChI=1S/C15H12O2P2S/c16-15-14(20)6-9-5-13(19)11(7-12(9)17-15)8-1-3-10(18)4-2-8/h1-7,20H,18-19H2. The first-order chi connectivity index (χ1) is 9.54. The molecule has 1 aromatic heterocycles. The molecule has 0 spiro atoms. The van der Waals surface area contributed by atoms with Crippen LogP contribution in [-0.2, 0) is 0 Å². The van der Waals surface area contributed by atoms with Gasteiger partial charge < -0.3 is 4.42 Å². The second-order valence-electron chi connectivity index (χ2n) is 4.52. The summed E-state index contributed by atoms with van der Waals surface area (Å²) < 4.78 is 5.29. The van der Waals surface area contributed by atoms with Crippen LogP contribution in [0.5, 0.6) is 0 Å². The van der Waals surface area contributed by atoms with Crippen molar-refractivity contribution in [2.45, 2.75) is 4.90 Å². The van der Waals surface area contributed by atoms with E-state index in [0.29, 0.717) is 10.5 Å². The van der Waals surface area contributed by atoms with E-state index in [4.69, 9.17) is 4.42 Å². The summed E-state index contributed by atoms with van der Waals surface area (Å²) in [6.45, 7) is 0. The van der Waals surface area contributed by atoms with Crippen molar-refractivity contribution in [3.63, 3.8) is 0 Å². The Bertz CT molecular complexity index is 854. The lowest BCUT2D eigenvalue weighted by Gasteiger charge is -2.08. The predicted octanol–water partition coefficient (Wildman–Crippen LogP) is 2.75. The van der Waals surface area contributed by atoms with Gasteiger partial charge in [0.1, 0.15) is 5.58 Å². The van der Waals surface area contributed by atoms with Gasteiger partial charge in [0.2, 0.25) is 0 Å². The molecule has 0 fully saturated rings. The van der Waals surface area contributed by atoms with Crippen LogP contribution >= 0.6 is 31.1 Å². The summed E-state index contributed by atoms with van der Waals surface area (Å²) in [5.74, 6) is 0. The molecule has 3 rings (SSSR count). The van der Waals surface area contributed by atoms with Crippen molar-refractivity contribution in [1.82, 2.24) is 0 Å². The molecule has 0 aliphatic heterocycles. The minimum atomic E-state index is -0.413. The Balaban J connectivity index is 2.26. The van der Waals surface area contributed by atoms with Crippen molar-refractivity contribution in [1.29, 1.82) is 0 Å². The number of hydrogen-bond donors (Lipinski definition) is 1. The molecule has 2 nitrogen and oxygen atoms in total. The summed E-state index contributed by atoms with van der Waals surface area (Å²) in [6.07, 6.45) is 0. The van der Waals surface area contributed by atoms with Crippen molar-refractivity contribution in [3.8, 4) is 11.1 Å². The number of thiol groups is 1. The minimum absolute atomic E-state index is 0.321. The van der Waals surface area contributed by atoms with Crippen molar-refractivity contribution in [2.24, 2.45) is 0 Å². The Morgan fingerprint density at radius 2 is 1.70 bits per heavy atom. The van der Waals surface area contributed by atoms with Gasteiger partial charge in [0.05, 0.1) is 4.90 Å². The maximum absolute atomic E-state index is 11.6. The fourth-order valence-corrected chi connectivity index (χ4v) is 2.89. The smallest absolute Gasteiger partial charge is 0.349 e. The van der Waals surface area contributed by atoms with E-state index in [9.17, 15) is 4.79 Å². The van der Waals surface area contributed by atoms with Gasteiger partial charge in [-0.15, -0.1) is 31.1 Å². The molecule has 3 aromatic rings. The van der Waals surface area contributed by atoms with Crippen molar-refractivity contribution < 1.29 is 4.42 Å². The van der Waals surface area contributed by atoms with Crippen LogP contribution in [0.2, 0.25) is 0 Å². The van der Waals surface area contributed by atoms with E-state index in [2.05, 4.69) is 31.1 Å². The van der Waals surface area contributed by atoms with Crippen LogP contribution in [0.15, 0.2) is 56.6 Å². The van der Waals surface area contributed by atoms with Crippen LogP contribution in [0.4, 0.5) is 0 Å². The molecule has 0 N–H and O–H groups in total. The fraction of sp³-hybridized carbons (Fsp3) is 0. The van der Waals surface area contributed by atoms with E-state index >= 15 is 0 Å². The van der Waals surface area contributed by atoms with Gasteiger partial charge in [-0.05, 0) is 39.9 Å². The molecule has 20 heavy (non-hydrogen) atoms. The van der Waals surface area contributed by atoms with Gasteiger partial charge in [-0.25, -0.2) is 4.79 Å². The zero-order valence-electron chi connectivity index (χ0n) is 10.5. The van der Waals surface area contributed by atoms with Crippen LogP contribution in [0.25, 0.3) is 22.1 Å². The summed E-state index contributed by atoms with van der Waals surface area (Å²) in [5, 5.41) is 3.05. The molecule has 0 aliphatic rings. The second kappa shape index (κ2) is 5.33. The van der Waals surface area contributed by atoms with E-state index in [1.165, 1.54) is 0 Å². The molecule has 0 bridgehead atoms. The molecule has 2 unspecified atom stereocenters. The van der Waals surface area contributed by atoms with Crippen LogP contribution < -0.4 is 16.2 Å². The molecule has 0 saturated heterocycles. The lowest BCUT2D eigenvalue weighted by molar-refractivity contribution is 0.544. The van der Waals surface area contributed by atoms with Crippen molar-refractivity contribution >= 4 is 52.7 Å². The Morgan fingerprint density at radius 3 is 2.40 bits per heavy atom. The highest BCUT2D eigenvalue weighted by Crippen LogP contribution is 2.24. The molecular formula is C15H12O2P2S. The number of hydrogen-bond acceptors (Lipinski definition) is 3. The normalized spacial score (nSPS) is 10.9. The lowest BCUT2D eigenvalue weighted by atomic mass is 10.0. The van der Waals surface area contributed by atoms with Crippen LogP contribution in [-0.4, -0.2) is 0 Å². The maximum atomic E-state index is 11.6. The zero-order valence-corrected chi connectivity index (χ0v) is 13.7. The van der Waals surface area contributed by atoms with Gasteiger partial charge in [0, 0.05) is 5.39 Å². The molecule has 2 aromatic carbocycles. The highest BCUT2D eigenvalue weighted by molar-refractivity contribution is 7.80. The summed E-state index contributed by atoms with van der Waals surface area (Å²) in [6, 6.07) is 13.7. The van der Waals surface area contributed by atoms with E-state index < -0.39 is 5.63 Å². The lowest BCUT2D eigenvalue weighted by Crippen LogP contribution is -2.03. The summed E-state index contributed by atoms with van der Waals surface area (Å²) in [4.78, 5) is 11.9. The van der Waals surface area contributed by atoms with Crippen molar-refractivity contribution in [3.05, 3.63) is 52.9 Å². The molecule has 100 valence electrons.